The number of nitrogens with zero attached hydrogens (tertiary/aromatic N) is 4. The zero-order chi connectivity index (χ0) is 25.6. The van der Waals surface area contributed by atoms with Gasteiger partial charge < -0.3 is 10.2 Å². The lowest BCUT2D eigenvalue weighted by molar-refractivity contribution is -0.136. The number of aromatic nitrogens is 2. The molecule has 5 rings (SSSR count). The third-order valence-electron chi connectivity index (χ3n) is 7.03. The van der Waals surface area contributed by atoms with E-state index in [0.717, 1.165) is 23.8 Å². The van der Waals surface area contributed by atoms with E-state index in [-0.39, 0.29) is 41.5 Å². The molecule has 0 radical (unpaired) electrons. The van der Waals surface area contributed by atoms with E-state index in [9.17, 15) is 24.0 Å². The molecule has 5 amide bonds. The van der Waals surface area contributed by atoms with Crippen LogP contribution in [-0.4, -0.2) is 70.4 Å². The van der Waals surface area contributed by atoms with Crippen LogP contribution in [0, 0.1) is 11.7 Å². The lowest BCUT2D eigenvalue weighted by Crippen LogP contribution is -2.54. The number of rotatable bonds is 5. The van der Waals surface area contributed by atoms with Gasteiger partial charge in [0.25, 0.3) is 17.7 Å². The number of nitrogens with one attached hydrogen (secondary N) is 2. The van der Waals surface area contributed by atoms with Gasteiger partial charge in [-0.3, -0.25) is 38.9 Å². The van der Waals surface area contributed by atoms with E-state index in [1.807, 2.05) is 4.90 Å². The Balaban J connectivity index is 1.27. The molecule has 2 N–H and O–H groups in total. The van der Waals surface area contributed by atoms with Gasteiger partial charge in [0.2, 0.25) is 11.8 Å². The monoisotopic (exact) mass is 496 g/mol. The van der Waals surface area contributed by atoms with Crippen LogP contribution >= 0.6 is 0 Å². The molecule has 11 nitrogen and oxygen atoms in total. The van der Waals surface area contributed by atoms with Gasteiger partial charge in [-0.25, -0.2) is 4.39 Å². The van der Waals surface area contributed by atoms with Crippen molar-refractivity contribution in [2.75, 3.05) is 25.0 Å². The maximum atomic E-state index is 15.1. The van der Waals surface area contributed by atoms with Crippen molar-refractivity contribution in [3.8, 4) is 0 Å². The minimum absolute atomic E-state index is 0.0179. The first-order chi connectivity index (χ1) is 17.3. The highest BCUT2D eigenvalue weighted by Gasteiger charge is 2.45. The van der Waals surface area contributed by atoms with Crippen LogP contribution in [0.2, 0.25) is 0 Å². The number of hydrogen-bond acceptors (Lipinski definition) is 7. The standard InChI is InChI=1S/C24H25FN6O5/c1-26-21(33)14-10-27-30(12-14)11-13-4-6-29(7-5-13)19-9-16-15(8-17(19)25)23(35)31(24(16)36)18-2-3-20(32)28-22(18)34/h8-10,12-13,18H,2-7,11H2,1H3,(H,26,33)(H,28,32,34). The van der Waals surface area contributed by atoms with Gasteiger partial charge in [-0.2, -0.15) is 5.10 Å². The maximum Gasteiger partial charge on any atom is 0.262 e. The quantitative estimate of drug-likeness (QED) is 0.582. The smallest absolute Gasteiger partial charge is 0.262 e. The number of benzene rings is 1. The summed E-state index contributed by atoms with van der Waals surface area (Å²) in [5, 5.41) is 8.95. The van der Waals surface area contributed by atoms with Crippen LogP contribution in [0.5, 0.6) is 0 Å². The Kier molecular flexibility index (Phi) is 6.02. The lowest BCUT2D eigenvalue weighted by atomic mass is 9.96. The third kappa shape index (κ3) is 4.12. The number of carbonyl (C=O) groups excluding carboxylic acids is 5. The van der Waals surface area contributed by atoms with Crippen molar-refractivity contribution in [2.24, 2.45) is 5.92 Å². The summed E-state index contributed by atoms with van der Waals surface area (Å²) in [6.07, 6.45) is 4.78. The van der Waals surface area contributed by atoms with Crippen LogP contribution < -0.4 is 15.5 Å². The van der Waals surface area contributed by atoms with Crippen molar-refractivity contribution in [3.63, 3.8) is 0 Å². The van der Waals surface area contributed by atoms with Gasteiger partial charge in [-0.1, -0.05) is 0 Å². The highest BCUT2D eigenvalue weighted by atomic mass is 19.1. The van der Waals surface area contributed by atoms with E-state index in [1.165, 1.54) is 12.3 Å². The average Bonchev–Trinajstić information content (AvgIpc) is 3.42. The zero-order valence-electron chi connectivity index (χ0n) is 19.6. The number of carbonyl (C=O) groups is 5. The SMILES string of the molecule is CNC(=O)c1cnn(CC2CCN(c3cc4c(cc3F)C(=O)N(C3CCC(=O)NC3=O)C4=O)CC2)c1. The van der Waals surface area contributed by atoms with Crippen LogP contribution in [0.25, 0.3) is 0 Å². The lowest BCUT2D eigenvalue weighted by Gasteiger charge is -2.34. The fraction of sp³-hybridized carbons (Fsp3) is 0.417. The molecule has 2 aromatic rings. The van der Waals surface area contributed by atoms with E-state index in [2.05, 4.69) is 15.7 Å². The van der Waals surface area contributed by atoms with Crippen molar-refractivity contribution in [1.82, 2.24) is 25.3 Å². The molecule has 3 aliphatic heterocycles. The third-order valence-corrected chi connectivity index (χ3v) is 7.03. The molecule has 12 heteroatoms. The van der Waals surface area contributed by atoms with Gasteiger partial charge in [0.05, 0.1) is 28.6 Å². The Morgan fingerprint density at radius 3 is 2.47 bits per heavy atom. The first kappa shape index (κ1) is 23.6. The topological polar surface area (TPSA) is 134 Å². The van der Waals surface area contributed by atoms with Crippen LogP contribution in [0.15, 0.2) is 24.5 Å². The molecule has 1 aromatic heterocycles. The summed E-state index contributed by atoms with van der Waals surface area (Å²) < 4.78 is 16.8. The summed E-state index contributed by atoms with van der Waals surface area (Å²) in [5.41, 5.74) is 0.702. The number of halogens is 1. The molecular formula is C24H25FN6O5. The Morgan fingerprint density at radius 2 is 1.81 bits per heavy atom. The Hall–Kier alpha value is -4.09. The van der Waals surface area contributed by atoms with Gasteiger partial charge in [0.15, 0.2) is 0 Å². The molecule has 0 bridgehead atoms. The van der Waals surface area contributed by atoms with Gasteiger partial charge in [0.1, 0.15) is 11.9 Å². The molecule has 1 aromatic carbocycles. The van der Waals surface area contributed by atoms with Crippen LogP contribution in [-0.2, 0) is 16.1 Å². The minimum Gasteiger partial charge on any atom is -0.369 e. The molecule has 36 heavy (non-hydrogen) atoms. The maximum absolute atomic E-state index is 15.1. The number of hydrogen-bond donors (Lipinski definition) is 2. The van der Waals surface area contributed by atoms with Gasteiger partial charge >= 0.3 is 0 Å². The van der Waals surface area contributed by atoms with Crippen molar-refractivity contribution >= 4 is 35.2 Å². The van der Waals surface area contributed by atoms with Crippen LogP contribution in [0.3, 0.4) is 0 Å². The molecular weight excluding hydrogens is 471 g/mol. The second-order valence-corrected chi connectivity index (χ2v) is 9.26. The number of piperidine rings is 2. The van der Waals surface area contributed by atoms with E-state index >= 15 is 4.39 Å². The molecule has 0 spiro atoms. The first-order valence-corrected chi connectivity index (χ1v) is 11.8. The van der Waals surface area contributed by atoms with E-state index in [0.29, 0.717) is 25.2 Å². The molecule has 2 fully saturated rings. The fourth-order valence-corrected chi connectivity index (χ4v) is 5.07. The first-order valence-electron chi connectivity index (χ1n) is 11.8. The predicted molar refractivity (Wildman–Crippen MR) is 124 cm³/mol. The van der Waals surface area contributed by atoms with E-state index in [1.54, 1.807) is 17.9 Å². The molecule has 1 atom stereocenters. The highest BCUT2D eigenvalue weighted by Crippen LogP contribution is 2.34. The number of fused-ring (bicyclic) bond motifs is 1. The summed E-state index contributed by atoms with van der Waals surface area (Å²) in [6, 6.07) is 1.36. The molecule has 4 heterocycles. The van der Waals surface area contributed by atoms with Crippen molar-refractivity contribution in [3.05, 3.63) is 47.0 Å². The van der Waals surface area contributed by atoms with Crippen LogP contribution in [0.1, 0.15) is 56.8 Å². The highest BCUT2D eigenvalue weighted by molar-refractivity contribution is 6.23. The van der Waals surface area contributed by atoms with Crippen molar-refractivity contribution in [2.45, 2.75) is 38.3 Å². The Labute approximate surface area is 205 Å². The zero-order valence-corrected chi connectivity index (χ0v) is 19.6. The summed E-state index contributed by atoms with van der Waals surface area (Å²) in [6.45, 7) is 1.72. The largest absolute Gasteiger partial charge is 0.369 e. The predicted octanol–water partition coefficient (Wildman–Crippen LogP) is 0.700. The fourth-order valence-electron chi connectivity index (χ4n) is 5.07. The molecule has 188 valence electrons. The molecule has 0 saturated carbocycles. The van der Waals surface area contributed by atoms with Crippen molar-refractivity contribution < 1.29 is 28.4 Å². The van der Waals surface area contributed by atoms with Crippen LogP contribution in [0.4, 0.5) is 10.1 Å². The minimum atomic E-state index is -1.09. The van der Waals surface area contributed by atoms with Gasteiger partial charge in [-0.05, 0) is 37.3 Å². The molecule has 2 saturated heterocycles. The number of anilines is 1. The van der Waals surface area contributed by atoms with E-state index in [4.69, 9.17) is 0 Å². The average molecular weight is 496 g/mol. The molecule has 1 unspecified atom stereocenters. The summed E-state index contributed by atoms with van der Waals surface area (Å²) in [4.78, 5) is 64.0. The second kappa shape index (κ2) is 9.17. The Morgan fingerprint density at radius 1 is 1.11 bits per heavy atom. The number of imide groups is 2. The molecule has 3 aliphatic rings. The molecule has 0 aliphatic carbocycles. The Bertz CT molecular complexity index is 1280. The van der Waals surface area contributed by atoms with Crippen molar-refractivity contribution in [1.29, 1.82) is 0 Å². The normalized spacial score (nSPS) is 20.6. The second-order valence-electron chi connectivity index (χ2n) is 9.26. The summed E-state index contributed by atoms with van der Waals surface area (Å²) in [7, 11) is 1.56. The summed E-state index contributed by atoms with van der Waals surface area (Å²) in [5.74, 6) is -3.09. The summed E-state index contributed by atoms with van der Waals surface area (Å²) >= 11 is 0. The van der Waals surface area contributed by atoms with Gasteiger partial charge in [0, 0.05) is 39.3 Å². The van der Waals surface area contributed by atoms with E-state index < -0.39 is 35.5 Å². The number of amides is 5. The van der Waals surface area contributed by atoms with Gasteiger partial charge in [-0.15, -0.1) is 0 Å².